The fourth-order valence-corrected chi connectivity index (χ4v) is 1.44. The maximum Gasteiger partial charge on any atom is 0.117 e. The third-order valence-electron chi connectivity index (χ3n) is 2.26. The quantitative estimate of drug-likeness (QED) is 0.631. The van der Waals surface area contributed by atoms with Crippen LogP contribution in [0.5, 0.6) is 0 Å². The smallest absolute Gasteiger partial charge is 0.117 e. The summed E-state index contributed by atoms with van der Waals surface area (Å²) in [5, 5.41) is 8.58. The van der Waals surface area contributed by atoms with E-state index in [2.05, 4.69) is 11.0 Å². The summed E-state index contributed by atoms with van der Waals surface area (Å²) in [6.45, 7) is 5.73. The summed E-state index contributed by atoms with van der Waals surface area (Å²) < 4.78 is 10.6. The van der Waals surface area contributed by atoms with Crippen molar-refractivity contribution in [1.29, 1.82) is 5.26 Å². The minimum Gasteiger partial charge on any atom is -0.468 e. The van der Waals surface area contributed by atoms with Gasteiger partial charge in [-0.3, -0.25) is 4.90 Å². The van der Waals surface area contributed by atoms with Gasteiger partial charge in [0.15, 0.2) is 0 Å². The van der Waals surface area contributed by atoms with Gasteiger partial charge in [-0.15, -0.1) is 0 Å². The van der Waals surface area contributed by atoms with Crippen LogP contribution in [-0.2, 0) is 11.3 Å². The van der Waals surface area contributed by atoms with Crippen LogP contribution >= 0.6 is 0 Å². The van der Waals surface area contributed by atoms with Gasteiger partial charge in [0.25, 0.3) is 0 Å². The zero-order valence-corrected chi connectivity index (χ0v) is 9.69. The average Bonchev–Trinajstić information content (AvgIpc) is 2.78. The lowest BCUT2D eigenvalue weighted by Crippen LogP contribution is -2.28. The number of ether oxygens (including phenoxy) is 1. The number of hydrogen-bond donors (Lipinski definition) is 0. The molecule has 0 atom stereocenters. The maximum absolute atomic E-state index is 8.58. The van der Waals surface area contributed by atoms with Crippen LogP contribution in [0.3, 0.4) is 0 Å². The fraction of sp³-hybridized carbons (Fsp3) is 0.583. The molecule has 0 aromatic carbocycles. The summed E-state index contributed by atoms with van der Waals surface area (Å²) in [6.07, 6.45) is 2.20. The summed E-state index contributed by atoms with van der Waals surface area (Å²) in [7, 11) is 0. The number of furan rings is 1. The summed E-state index contributed by atoms with van der Waals surface area (Å²) in [5.74, 6) is 0.925. The van der Waals surface area contributed by atoms with Gasteiger partial charge in [0.2, 0.25) is 0 Å². The van der Waals surface area contributed by atoms with Crippen molar-refractivity contribution < 1.29 is 9.15 Å². The molecule has 88 valence electrons. The first-order valence-electron chi connectivity index (χ1n) is 5.56. The molecule has 0 radical (unpaired) electrons. The van der Waals surface area contributed by atoms with Gasteiger partial charge in [-0.2, -0.15) is 5.26 Å². The molecule has 0 saturated heterocycles. The second-order valence-electron chi connectivity index (χ2n) is 3.46. The third kappa shape index (κ3) is 4.96. The van der Waals surface area contributed by atoms with Crippen LogP contribution in [0.2, 0.25) is 0 Å². The molecule has 0 aliphatic heterocycles. The number of hydrogen-bond acceptors (Lipinski definition) is 4. The molecule has 4 heteroatoms. The Balaban J connectivity index is 2.34. The Labute approximate surface area is 96.4 Å². The predicted molar refractivity (Wildman–Crippen MR) is 60.7 cm³/mol. The highest BCUT2D eigenvalue weighted by Gasteiger charge is 2.07. The molecule has 0 amide bonds. The SMILES string of the molecule is CCOCCN(CCC#N)Cc1ccco1. The fourth-order valence-electron chi connectivity index (χ4n) is 1.44. The molecule has 0 aliphatic rings. The van der Waals surface area contributed by atoms with E-state index >= 15 is 0 Å². The molecule has 1 heterocycles. The Morgan fingerprint density at radius 1 is 1.50 bits per heavy atom. The molecule has 1 aromatic heterocycles. The van der Waals surface area contributed by atoms with Gasteiger partial charge in [0.1, 0.15) is 5.76 Å². The number of nitriles is 1. The van der Waals surface area contributed by atoms with Gasteiger partial charge in [0, 0.05) is 26.1 Å². The van der Waals surface area contributed by atoms with E-state index in [9.17, 15) is 0 Å². The molecule has 0 saturated carbocycles. The molecule has 0 bridgehead atoms. The standard InChI is InChI=1S/C12H18N2O2/c1-2-15-10-8-14(7-4-6-13)11-12-5-3-9-16-12/h3,5,9H,2,4,7-8,10-11H2,1H3. The summed E-state index contributed by atoms with van der Waals surface area (Å²) in [5.41, 5.74) is 0. The van der Waals surface area contributed by atoms with Crippen molar-refractivity contribution in [3.63, 3.8) is 0 Å². The second kappa shape index (κ2) is 7.91. The minimum absolute atomic E-state index is 0.535. The number of nitrogens with zero attached hydrogens (tertiary/aromatic N) is 2. The van der Waals surface area contributed by atoms with Gasteiger partial charge in [0.05, 0.1) is 25.5 Å². The van der Waals surface area contributed by atoms with Crippen LogP contribution in [0.4, 0.5) is 0 Å². The van der Waals surface area contributed by atoms with Crippen LogP contribution in [0.25, 0.3) is 0 Å². The van der Waals surface area contributed by atoms with E-state index in [0.717, 1.165) is 32.0 Å². The van der Waals surface area contributed by atoms with E-state index in [1.165, 1.54) is 0 Å². The molecule has 1 aromatic rings. The highest BCUT2D eigenvalue weighted by atomic mass is 16.5. The van der Waals surface area contributed by atoms with Crippen molar-refractivity contribution >= 4 is 0 Å². The van der Waals surface area contributed by atoms with Gasteiger partial charge in [-0.05, 0) is 19.1 Å². The van der Waals surface area contributed by atoms with Gasteiger partial charge in [-0.25, -0.2) is 0 Å². The first-order chi connectivity index (χ1) is 7.86. The van der Waals surface area contributed by atoms with E-state index in [1.807, 2.05) is 19.1 Å². The molecule has 0 spiro atoms. The average molecular weight is 222 g/mol. The first-order valence-corrected chi connectivity index (χ1v) is 5.56. The van der Waals surface area contributed by atoms with Crippen molar-refractivity contribution in [2.24, 2.45) is 0 Å². The summed E-state index contributed by atoms with van der Waals surface area (Å²) in [6, 6.07) is 5.97. The molecule has 0 unspecified atom stereocenters. The van der Waals surface area contributed by atoms with Crippen LogP contribution in [0.1, 0.15) is 19.1 Å². The van der Waals surface area contributed by atoms with E-state index < -0.39 is 0 Å². The Hall–Kier alpha value is -1.31. The first kappa shape index (κ1) is 12.8. The van der Waals surface area contributed by atoms with Crippen LogP contribution in [0.15, 0.2) is 22.8 Å². The topological polar surface area (TPSA) is 49.4 Å². The monoisotopic (exact) mass is 222 g/mol. The van der Waals surface area contributed by atoms with Crippen LogP contribution in [-0.4, -0.2) is 31.2 Å². The lowest BCUT2D eigenvalue weighted by atomic mass is 10.3. The molecule has 0 N–H and O–H groups in total. The predicted octanol–water partition coefficient (Wildman–Crippen LogP) is 2.03. The zero-order chi connectivity index (χ0) is 11.6. The second-order valence-corrected chi connectivity index (χ2v) is 3.46. The zero-order valence-electron chi connectivity index (χ0n) is 9.69. The molecular weight excluding hydrogens is 204 g/mol. The maximum atomic E-state index is 8.58. The van der Waals surface area contributed by atoms with Crippen molar-refractivity contribution in [3.05, 3.63) is 24.2 Å². The minimum atomic E-state index is 0.535. The van der Waals surface area contributed by atoms with Gasteiger partial charge >= 0.3 is 0 Å². The molecule has 0 aliphatic carbocycles. The Morgan fingerprint density at radius 3 is 3.00 bits per heavy atom. The molecule has 1 rings (SSSR count). The highest BCUT2D eigenvalue weighted by molar-refractivity contribution is 4.97. The van der Waals surface area contributed by atoms with Crippen LogP contribution < -0.4 is 0 Å². The van der Waals surface area contributed by atoms with E-state index in [1.54, 1.807) is 6.26 Å². The van der Waals surface area contributed by atoms with Gasteiger partial charge in [-0.1, -0.05) is 0 Å². The van der Waals surface area contributed by atoms with Crippen molar-refractivity contribution in [2.75, 3.05) is 26.3 Å². The highest BCUT2D eigenvalue weighted by Crippen LogP contribution is 2.05. The molecule has 0 fully saturated rings. The molecule has 16 heavy (non-hydrogen) atoms. The normalized spacial score (nSPS) is 10.6. The number of rotatable bonds is 8. The third-order valence-corrected chi connectivity index (χ3v) is 2.26. The van der Waals surface area contributed by atoms with E-state index in [0.29, 0.717) is 13.0 Å². The van der Waals surface area contributed by atoms with E-state index in [-0.39, 0.29) is 0 Å². The largest absolute Gasteiger partial charge is 0.468 e. The van der Waals surface area contributed by atoms with Crippen molar-refractivity contribution in [2.45, 2.75) is 19.9 Å². The van der Waals surface area contributed by atoms with Gasteiger partial charge < -0.3 is 9.15 Å². The van der Waals surface area contributed by atoms with E-state index in [4.69, 9.17) is 14.4 Å². The lowest BCUT2D eigenvalue weighted by molar-refractivity contribution is 0.108. The molecular formula is C12H18N2O2. The Morgan fingerprint density at radius 2 is 2.38 bits per heavy atom. The lowest BCUT2D eigenvalue weighted by Gasteiger charge is -2.19. The molecule has 4 nitrogen and oxygen atoms in total. The Bertz CT molecular complexity index is 303. The van der Waals surface area contributed by atoms with Crippen molar-refractivity contribution in [3.8, 4) is 6.07 Å². The van der Waals surface area contributed by atoms with Crippen molar-refractivity contribution in [1.82, 2.24) is 4.90 Å². The Kier molecular flexibility index (Phi) is 6.31. The summed E-state index contributed by atoms with van der Waals surface area (Å²) >= 11 is 0. The summed E-state index contributed by atoms with van der Waals surface area (Å²) in [4.78, 5) is 2.16. The van der Waals surface area contributed by atoms with Crippen LogP contribution in [0, 0.1) is 11.3 Å².